The van der Waals surface area contributed by atoms with E-state index < -0.39 is 0 Å². The predicted molar refractivity (Wildman–Crippen MR) is 71.1 cm³/mol. The molecule has 1 aromatic carbocycles. The molecule has 0 radical (unpaired) electrons. The van der Waals surface area contributed by atoms with Gasteiger partial charge < -0.3 is 0 Å². The highest BCUT2D eigenvalue weighted by Crippen LogP contribution is 2.27. The van der Waals surface area contributed by atoms with Crippen LogP contribution in [0.5, 0.6) is 0 Å². The molecule has 1 unspecified atom stereocenters. The van der Waals surface area contributed by atoms with Gasteiger partial charge in [0.05, 0.1) is 0 Å². The number of benzene rings is 1. The van der Waals surface area contributed by atoms with Gasteiger partial charge in [0, 0.05) is 22.2 Å². The predicted octanol–water partition coefficient (Wildman–Crippen LogP) is 4.41. The normalized spacial score (nSPS) is 12.4. The van der Waals surface area contributed by atoms with Gasteiger partial charge in [0.1, 0.15) is 0 Å². The molecule has 1 nitrogen and oxygen atoms in total. The summed E-state index contributed by atoms with van der Waals surface area (Å²) in [6.07, 6.45) is 4.58. The fourth-order valence-electron chi connectivity index (χ4n) is 1.52. The van der Waals surface area contributed by atoms with Crippen LogP contribution in [0.3, 0.4) is 0 Å². The SMILES string of the molecule is Clc1ccc(C(Br)Cc2ccncc2)cc1. The molecule has 82 valence electrons. The quantitative estimate of drug-likeness (QED) is 0.764. The maximum absolute atomic E-state index is 5.85. The minimum atomic E-state index is 0.312. The lowest BCUT2D eigenvalue weighted by Crippen LogP contribution is -1.95. The van der Waals surface area contributed by atoms with Crippen LogP contribution >= 0.6 is 27.5 Å². The lowest BCUT2D eigenvalue weighted by Gasteiger charge is -2.10. The van der Waals surface area contributed by atoms with E-state index >= 15 is 0 Å². The summed E-state index contributed by atoms with van der Waals surface area (Å²) >= 11 is 9.54. The van der Waals surface area contributed by atoms with E-state index in [1.807, 2.05) is 48.8 Å². The van der Waals surface area contributed by atoms with Crippen molar-refractivity contribution in [2.75, 3.05) is 0 Å². The number of pyridine rings is 1. The fraction of sp³-hybridized carbons (Fsp3) is 0.154. The molecule has 0 amide bonds. The van der Waals surface area contributed by atoms with Gasteiger partial charge in [0.25, 0.3) is 0 Å². The van der Waals surface area contributed by atoms with Crippen LogP contribution in [-0.4, -0.2) is 4.98 Å². The Morgan fingerprint density at radius 2 is 1.69 bits per heavy atom. The van der Waals surface area contributed by atoms with Gasteiger partial charge in [-0.3, -0.25) is 4.98 Å². The lowest BCUT2D eigenvalue weighted by molar-refractivity contribution is 0.944. The standard InChI is InChI=1S/C13H11BrClN/c14-13(9-10-5-7-16-8-6-10)11-1-3-12(15)4-2-11/h1-8,13H,9H2. The van der Waals surface area contributed by atoms with Crippen molar-refractivity contribution < 1.29 is 0 Å². The Hall–Kier alpha value is -0.860. The smallest absolute Gasteiger partial charge is 0.0435 e. The van der Waals surface area contributed by atoms with Gasteiger partial charge in [-0.1, -0.05) is 39.7 Å². The lowest BCUT2D eigenvalue weighted by atomic mass is 10.1. The molecule has 0 aliphatic heterocycles. The molecule has 1 atom stereocenters. The molecule has 0 spiro atoms. The third kappa shape index (κ3) is 3.06. The minimum Gasteiger partial charge on any atom is -0.265 e. The molecular formula is C13H11BrClN. The first kappa shape index (κ1) is 11.6. The second-order valence-electron chi connectivity index (χ2n) is 3.58. The molecule has 0 aliphatic rings. The number of nitrogens with zero attached hydrogens (tertiary/aromatic N) is 1. The highest BCUT2D eigenvalue weighted by atomic mass is 79.9. The van der Waals surface area contributed by atoms with Crippen molar-refractivity contribution in [1.82, 2.24) is 4.98 Å². The van der Waals surface area contributed by atoms with E-state index in [-0.39, 0.29) is 0 Å². The van der Waals surface area contributed by atoms with Crippen molar-refractivity contribution >= 4 is 27.5 Å². The van der Waals surface area contributed by atoms with Gasteiger partial charge in [0.2, 0.25) is 0 Å². The Kier molecular flexibility index (Phi) is 3.97. The first-order chi connectivity index (χ1) is 7.75. The second kappa shape index (κ2) is 5.46. The number of halogens is 2. The van der Waals surface area contributed by atoms with E-state index in [4.69, 9.17) is 11.6 Å². The number of hydrogen-bond acceptors (Lipinski definition) is 1. The number of hydrogen-bond donors (Lipinski definition) is 0. The van der Waals surface area contributed by atoms with Gasteiger partial charge in [-0.25, -0.2) is 0 Å². The van der Waals surface area contributed by atoms with E-state index in [0.717, 1.165) is 11.4 Å². The molecule has 0 N–H and O–H groups in total. The van der Waals surface area contributed by atoms with Crippen molar-refractivity contribution in [3.8, 4) is 0 Å². The average molecular weight is 297 g/mol. The summed E-state index contributed by atoms with van der Waals surface area (Å²) in [7, 11) is 0. The van der Waals surface area contributed by atoms with Crippen molar-refractivity contribution in [3.63, 3.8) is 0 Å². The van der Waals surface area contributed by atoms with E-state index in [1.165, 1.54) is 11.1 Å². The maximum Gasteiger partial charge on any atom is 0.0435 e. The Morgan fingerprint density at radius 1 is 1.06 bits per heavy atom. The van der Waals surface area contributed by atoms with Gasteiger partial charge in [-0.2, -0.15) is 0 Å². The monoisotopic (exact) mass is 295 g/mol. The summed E-state index contributed by atoms with van der Waals surface area (Å²) < 4.78 is 0. The Morgan fingerprint density at radius 3 is 2.31 bits per heavy atom. The highest BCUT2D eigenvalue weighted by Gasteiger charge is 2.07. The largest absolute Gasteiger partial charge is 0.265 e. The summed E-state index contributed by atoms with van der Waals surface area (Å²) in [6.45, 7) is 0. The zero-order valence-electron chi connectivity index (χ0n) is 8.61. The number of rotatable bonds is 3. The highest BCUT2D eigenvalue weighted by molar-refractivity contribution is 9.09. The van der Waals surface area contributed by atoms with Crippen LogP contribution in [-0.2, 0) is 6.42 Å². The third-order valence-corrected chi connectivity index (χ3v) is 3.50. The molecule has 0 bridgehead atoms. The van der Waals surface area contributed by atoms with Gasteiger partial charge in [-0.05, 0) is 41.8 Å². The molecule has 1 aromatic heterocycles. The summed E-state index contributed by atoms with van der Waals surface area (Å²) in [4.78, 5) is 4.32. The van der Waals surface area contributed by atoms with Gasteiger partial charge >= 0.3 is 0 Å². The van der Waals surface area contributed by atoms with Crippen LogP contribution in [0.2, 0.25) is 5.02 Å². The van der Waals surface area contributed by atoms with Crippen molar-refractivity contribution in [3.05, 3.63) is 64.9 Å². The third-order valence-electron chi connectivity index (χ3n) is 2.40. The van der Waals surface area contributed by atoms with Crippen LogP contribution in [0.4, 0.5) is 0 Å². The fourth-order valence-corrected chi connectivity index (χ4v) is 2.32. The molecule has 2 rings (SSSR count). The Balaban J connectivity index is 2.09. The Labute approximate surface area is 109 Å². The van der Waals surface area contributed by atoms with Crippen molar-refractivity contribution in [2.24, 2.45) is 0 Å². The van der Waals surface area contributed by atoms with Crippen LogP contribution < -0.4 is 0 Å². The maximum atomic E-state index is 5.85. The first-order valence-electron chi connectivity index (χ1n) is 5.04. The summed E-state index contributed by atoms with van der Waals surface area (Å²) in [6, 6.07) is 12.0. The van der Waals surface area contributed by atoms with Crippen LogP contribution in [0, 0.1) is 0 Å². The van der Waals surface area contributed by atoms with E-state index in [2.05, 4.69) is 20.9 Å². The summed E-state index contributed by atoms with van der Waals surface area (Å²) in [5.41, 5.74) is 2.51. The molecule has 16 heavy (non-hydrogen) atoms. The van der Waals surface area contributed by atoms with Crippen LogP contribution in [0.25, 0.3) is 0 Å². The summed E-state index contributed by atoms with van der Waals surface area (Å²) in [5, 5.41) is 0.771. The molecule has 0 saturated carbocycles. The minimum absolute atomic E-state index is 0.312. The second-order valence-corrected chi connectivity index (χ2v) is 5.12. The zero-order valence-corrected chi connectivity index (χ0v) is 10.9. The van der Waals surface area contributed by atoms with Crippen LogP contribution in [0.1, 0.15) is 16.0 Å². The van der Waals surface area contributed by atoms with Crippen molar-refractivity contribution in [1.29, 1.82) is 0 Å². The molecule has 0 fully saturated rings. The number of aromatic nitrogens is 1. The van der Waals surface area contributed by atoms with Gasteiger partial charge in [0.15, 0.2) is 0 Å². The summed E-state index contributed by atoms with van der Waals surface area (Å²) in [5.74, 6) is 0. The topological polar surface area (TPSA) is 12.9 Å². The Bertz CT molecular complexity index is 441. The molecule has 0 aliphatic carbocycles. The van der Waals surface area contributed by atoms with Crippen LogP contribution in [0.15, 0.2) is 48.8 Å². The van der Waals surface area contributed by atoms with E-state index in [9.17, 15) is 0 Å². The first-order valence-corrected chi connectivity index (χ1v) is 6.33. The zero-order chi connectivity index (χ0) is 11.4. The molecule has 2 aromatic rings. The molecule has 1 heterocycles. The number of alkyl halides is 1. The van der Waals surface area contributed by atoms with Crippen molar-refractivity contribution in [2.45, 2.75) is 11.2 Å². The molecule has 3 heteroatoms. The van der Waals surface area contributed by atoms with Gasteiger partial charge in [-0.15, -0.1) is 0 Å². The molecular weight excluding hydrogens is 286 g/mol. The molecule has 0 saturated heterocycles. The average Bonchev–Trinajstić information content (AvgIpc) is 2.31. The van der Waals surface area contributed by atoms with E-state index in [1.54, 1.807) is 0 Å². The van der Waals surface area contributed by atoms with E-state index in [0.29, 0.717) is 4.83 Å².